The van der Waals surface area contributed by atoms with Gasteiger partial charge < -0.3 is 14.9 Å². The van der Waals surface area contributed by atoms with Crippen LogP contribution in [0.15, 0.2) is 67.1 Å². The van der Waals surface area contributed by atoms with Crippen molar-refractivity contribution in [2.45, 2.75) is 24.9 Å². The highest BCUT2D eigenvalue weighted by molar-refractivity contribution is 5.91. The van der Waals surface area contributed by atoms with Crippen LogP contribution in [-0.4, -0.2) is 24.5 Å². The van der Waals surface area contributed by atoms with Gasteiger partial charge in [-0.1, -0.05) is 24.3 Å². The van der Waals surface area contributed by atoms with Gasteiger partial charge in [-0.3, -0.25) is 0 Å². The summed E-state index contributed by atoms with van der Waals surface area (Å²) >= 11 is 0. The number of aromatic amines is 1. The number of anilines is 2. The summed E-state index contributed by atoms with van der Waals surface area (Å²) in [5.41, 5.74) is 5.17. The van der Waals surface area contributed by atoms with Crippen LogP contribution < -0.4 is 5.32 Å². The molecule has 9 heteroatoms. The molecule has 0 saturated heterocycles. The summed E-state index contributed by atoms with van der Waals surface area (Å²) in [4.78, 5) is 16.4. The molecule has 5 aromatic rings. The van der Waals surface area contributed by atoms with E-state index >= 15 is 0 Å². The third-order valence-electron chi connectivity index (χ3n) is 6.22. The van der Waals surface area contributed by atoms with Crippen LogP contribution in [0.4, 0.5) is 24.5 Å². The first kappa shape index (κ1) is 21.4. The molecule has 0 bridgehead atoms. The molecule has 0 aliphatic heterocycles. The van der Waals surface area contributed by atoms with Crippen LogP contribution >= 0.6 is 0 Å². The molecule has 0 unspecified atom stereocenters. The first-order valence-corrected chi connectivity index (χ1v) is 11.3. The highest BCUT2D eigenvalue weighted by atomic mass is 19.4. The second-order valence-corrected chi connectivity index (χ2v) is 8.78. The van der Waals surface area contributed by atoms with Crippen molar-refractivity contribution in [3.05, 3.63) is 78.4 Å². The van der Waals surface area contributed by atoms with Gasteiger partial charge in [0.25, 0.3) is 0 Å². The van der Waals surface area contributed by atoms with Gasteiger partial charge in [0.2, 0.25) is 0 Å². The lowest BCUT2D eigenvalue weighted by molar-refractivity contribution is -0.140. The SMILES string of the molecule is Cn1cc(C(F)(F)F)nc1-c1ccc(Nc2c[nH]c3cnc(-c4ccccc4C4CC4)nc23)cc1. The predicted molar refractivity (Wildman–Crippen MR) is 128 cm³/mol. The van der Waals surface area contributed by atoms with E-state index in [2.05, 4.69) is 38.5 Å². The number of hydrogen-bond donors (Lipinski definition) is 2. The highest BCUT2D eigenvalue weighted by Crippen LogP contribution is 2.44. The van der Waals surface area contributed by atoms with Crippen molar-refractivity contribution in [2.75, 3.05) is 5.32 Å². The summed E-state index contributed by atoms with van der Waals surface area (Å²) in [5, 5.41) is 3.35. The molecule has 176 valence electrons. The smallest absolute Gasteiger partial charge is 0.357 e. The van der Waals surface area contributed by atoms with Gasteiger partial charge >= 0.3 is 6.18 Å². The van der Waals surface area contributed by atoms with Crippen LogP contribution in [0.5, 0.6) is 0 Å². The third-order valence-corrected chi connectivity index (χ3v) is 6.22. The number of alkyl halides is 3. The Morgan fingerprint density at radius 3 is 2.51 bits per heavy atom. The normalized spacial score (nSPS) is 13.9. The first-order valence-electron chi connectivity index (χ1n) is 11.3. The second-order valence-electron chi connectivity index (χ2n) is 8.78. The van der Waals surface area contributed by atoms with Crippen molar-refractivity contribution in [1.82, 2.24) is 24.5 Å². The Balaban J connectivity index is 1.29. The van der Waals surface area contributed by atoms with Crippen LogP contribution in [0.3, 0.4) is 0 Å². The van der Waals surface area contributed by atoms with Crippen molar-refractivity contribution >= 4 is 22.4 Å². The molecule has 0 spiro atoms. The summed E-state index contributed by atoms with van der Waals surface area (Å²) in [6, 6.07) is 15.4. The zero-order valence-corrected chi connectivity index (χ0v) is 18.8. The van der Waals surface area contributed by atoms with Gasteiger partial charge in [-0.2, -0.15) is 13.2 Å². The second kappa shape index (κ2) is 7.97. The molecule has 2 N–H and O–H groups in total. The molecule has 1 aliphatic rings. The van der Waals surface area contributed by atoms with Crippen molar-refractivity contribution < 1.29 is 13.2 Å². The van der Waals surface area contributed by atoms with E-state index in [9.17, 15) is 13.2 Å². The molecule has 3 heterocycles. The van der Waals surface area contributed by atoms with Gasteiger partial charge in [-0.25, -0.2) is 15.0 Å². The minimum atomic E-state index is -4.48. The van der Waals surface area contributed by atoms with E-state index in [0.717, 1.165) is 34.2 Å². The number of H-pyrrole nitrogens is 1. The molecule has 0 atom stereocenters. The van der Waals surface area contributed by atoms with Crippen LogP contribution in [-0.2, 0) is 13.2 Å². The number of aryl methyl sites for hydroxylation is 1. The minimum absolute atomic E-state index is 0.252. The zero-order valence-electron chi connectivity index (χ0n) is 18.8. The maximum Gasteiger partial charge on any atom is 0.434 e. The average Bonchev–Trinajstić information content (AvgIpc) is 3.51. The predicted octanol–water partition coefficient (Wildman–Crippen LogP) is 6.67. The lowest BCUT2D eigenvalue weighted by Crippen LogP contribution is -2.04. The standard InChI is InChI=1S/C26H21F3N6/c1-35-14-22(26(27,28)29)33-25(35)16-8-10-17(11-9-16)32-21-13-30-20-12-31-24(34-23(20)21)19-5-3-2-4-18(19)15-6-7-15/h2-5,8-15,30,32H,6-7H2,1H3. The summed E-state index contributed by atoms with van der Waals surface area (Å²) < 4.78 is 40.4. The van der Waals surface area contributed by atoms with Crippen molar-refractivity contribution in [3.8, 4) is 22.8 Å². The van der Waals surface area contributed by atoms with Gasteiger partial charge in [-0.15, -0.1) is 0 Å². The van der Waals surface area contributed by atoms with Gasteiger partial charge in [0.15, 0.2) is 11.5 Å². The average molecular weight is 474 g/mol. The van der Waals surface area contributed by atoms with Crippen LogP contribution in [0.1, 0.15) is 30.0 Å². The zero-order chi connectivity index (χ0) is 24.2. The van der Waals surface area contributed by atoms with Gasteiger partial charge in [0.1, 0.15) is 11.3 Å². The number of fused-ring (bicyclic) bond motifs is 1. The van der Waals surface area contributed by atoms with Crippen molar-refractivity contribution in [1.29, 1.82) is 0 Å². The van der Waals surface area contributed by atoms with E-state index < -0.39 is 11.9 Å². The Bertz CT molecular complexity index is 1530. The largest absolute Gasteiger partial charge is 0.434 e. The molecule has 1 aliphatic carbocycles. The summed E-state index contributed by atoms with van der Waals surface area (Å²) in [5.74, 6) is 1.52. The Morgan fingerprint density at radius 1 is 1.03 bits per heavy atom. The van der Waals surface area contributed by atoms with Crippen molar-refractivity contribution in [2.24, 2.45) is 7.05 Å². The van der Waals surface area contributed by atoms with Gasteiger partial charge in [-0.05, 0) is 48.6 Å². The number of nitrogens with one attached hydrogen (secondary N) is 2. The Kier molecular flexibility index (Phi) is 4.87. The lowest BCUT2D eigenvalue weighted by atomic mass is 10.0. The molecule has 3 aromatic heterocycles. The monoisotopic (exact) mass is 474 g/mol. The molecule has 35 heavy (non-hydrogen) atoms. The Morgan fingerprint density at radius 2 is 1.80 bits per heavy atom. The summed E-state index contributed by atoms with van der Waals surface area (Å²) in [6.07, 6.45) is 2.52. The van der Waals surface area contributed by atoms with E-state index in [1.807, 2.05) is 12.3 Å². The van der Waals surface area contributed by atoms with Crippen LogP contribution in [0.2, 0.25) is 0 Å². The maximum atomic E-state index is 13.0. The van der Waals surface area contributed by atoms with E-state index in [1.165, 1.54) is 23.0 Å². The quantitative estimate of drug-likeness (QED) is 0.299. The molecular weight excluding hydrogens is 453 g/mol. The number of benzene rings is 2. The van der Waals surface area contributed by atoms with Crippen molar-refractivity contribution in [3.63, 3.8) is 0 Å². The fourth-order valence-corrected chi connectivity index (χ4v) is 4.32. The van der Waals surface area contributed by atoms with Gasteiger partial charge in [0.05, 0.1) is 17.4 Å². The molecule has 2 aromatic carbocycles. The molecule has 0 radical (unpaired) electrons. The molecule has 1 fully saturated rings. The molecule has 6 rings (SSSR count). The molecular formula is C26H21F3N6. The van der Waals surface area contributed by atoms with Crippen LogP contribution in [0, 0.1) is 0 Å². The maximum absolute atomic E-state index is 13.0. The van der Waals surface area contributed by atoms with E-state index in [0.29, 0.717) is 17.3 Å². The summed E-state index contributed by atoms with van der Waals surface area (Å²) in [7, 11) is 1.55. The molecule has 0 amide bonds. The van der Waals surface area contributed by atoms with Gasteiger partial charge in [0, 0.05) is 36.3 Å². The molecule has 6 nitrogen and oxygen atoms in total. The van der Waals surface area contributed by atoms with E-state index in [4.69, 9.17) is 4.98 Å². The Labute approximate surface area is 198 Å². The number of nitrogens with zero attached hydrogens (tertiary/aromatic N) is 4. The van der Waals surface area contributed by atoms with E-state index in [1.54, 1.807) is 37.5 Å². The topological polar surface area (TPSA) is 71.4 Å². The fourth-order valence-electron chi connectivity index (χ4n) is 4.32. The lowest BCUT2D eigenvalue weighted by Gasteiger charge is -2.09. The fraction of sp³-hybridized carbons (Fsp3) is 0.192. The number of rotatable bonds is 5. The van der Waals surface area contributed by atoms with E-state index in [-0.39, 0.29) is 5.82 Å². The number of halogens is 3. The number of hydrogen-bond acceptors (Lipinski definition) is 4. The number of imidazole rings is 1. The third kappa shape index (κ3) is 4.03. The Hall–Kier alpha value is -4.14. The number of aromatic nitrogens is 5. The highest BCUT2D eigenvalue weighted by Gasteiger charge is 2.34. The first-order chi connectivity index (χ1) is 16.9. The molecule has 1 saturated carbocycles. The minimum Gasteiger partial charge on any atom is -0.357 e. The van der Waals surface area contributed by atoms with Crippen LogP contribution in [0.25, 0.3) is 33.8 Å². The summed E-state index contributed by atoms with van der Waals surface area (Å²) in [6.45, 7) is 0.